The van der Waals surface area contributed by atoms with E-state index in [1.54, 1.807) is 0 Å². The first-order valence-corrected chi connectivity index (χ1v) is 12.3. The Morgan fingerprint density at radius 1 is 0.688 bits per heavy atom. The van der Waals surface area contributed by atoms with Crippen molar-refractivity contribution in [3.63, 3.8) is 0 Å². The van der Waals surface area contributed by atoms with Gasteiger partial charge in [0.1, 0.15) is 0 Å². The summed E-state index contributed by atoms with van der Waals surface area (Å²) >= 11 is 4.33. The van der Waals surface area contributed by atoms with Crippen LogP contribution in [0.15, 0.2) is 0 Å². The van der Waals surface area contributed by atoms with Gasteiger partial charge in [-0.05, 0) is 0 Å². The fourth-order valence-electron chi connectivity index (χ4n) is 2.47. The van der Waals surface area contributed by atoms with Crippen molar-refractivity contribution in [1.29, 1.82) is 0 Å². The van der Waals surface area contributed by atoms with Crippen LogP contribution < -0.4 is 0 Å². The molecule has 0 saturated carbocycles. The fourth-order valence-corrected chi connectivity index (χ4v) is 9.67. The molecule has 100 valence electrons. The molecule has 0 aliphatic heterocycles. The van der Waals surface area contributed by atoms with Gasteiger partial charge in [-0.1, -0.05) is 0 Å². The Balaban J connectivity index is 4.61. The van der Waals surface area contributed by atoms with Gasteiger partial charge in [0.25, 0.3) is 0 Å². The van der Waals surface area contributed by atoms with Crippen molar-refractivity contribution in [2.75, 3.05) is 24.6 Å². The Bertz CT molecular complexity index is 155. The molecule has 16 heavy (non-hydrogen) atoms. The Hall–Kier alpha value is 0.910. The molecule has 2 heteroatoms. The van der Waals surface area contributed by atoms with Gasteiger partial charge >= 0.3 is 112 Å². The molecule has 0 amide bonds. The van der Waals surface area contributed by atoms with Crippen molar-refractivity contribution in [2.24, 2.45) is 0 Å². The van der Waals surface area contributed by atoms with Gasteiger partial charge in [-0.25, -0.2) is 0 Å². The Labute approximate surface area is 112 Å². The van der Waals surface area contributed by atoms with Gasteiger partial charge in [-0.15, -0.1) is 0 Å². The predicted molar refractivity (Wildman–Crippen MR) is 85.7 cm³/mol. The fraction of sp³-hybridized carbons (Fsp3) is 1.00. The van der Waals surface area contributed by atoms with Crippen molar-refractivity contribution in [3.8, 4) is 0 Å². The van der Waals surface area contributed by atoms with Gasteiger partial charge < -0.3 is 0 Å². The topological polar surface area (TPSA) is 0 Å². The zero-order chi connectivity index (χ0) is 12.5. The number of rotatable bonds is 10. The van der Waals surface area contributed by atoms with Crippen LogP contribution in [0.1, 0.15) is 66.2 Å². The molecule has 0 aliphatic carbocycles. The maximum absolute atomic E-state index is 4.33. The summed E-state index contributed by atoms with van der Waals surface area (Å²) in [4.78, 5) is 0. The quantitative estimate of drug-likeness (QED) is 0.417. The van der Waals surface area contributed by atoms with Crippen LogP contribution >= 0.6 is 20.8 Å². The predicted octanol–water partition coefficient (Wildman–Crippen LogP) is 6.27. The van der Waals surface area contributed by atoms with Crippen LogP contribution in [0, 0.1) is 0 Å². The van der Waals surface area contributed by atoms with Crippen molar-refractivity contribution in [2.45, 2.75) is 66.2 Å². The van der Waals surface area contributed by atoms with Gasteiger partial charge in [0.05, 0.1) is 0 Å². The van der Waals surface area contributed by atoms with E-state index in [-0.39, 0.29) is 0 Å². The molecule has 0 aromatic rings. The zero-order valence-electron chi connectivity index (χ0n) is 11.9. The molecule has 0 radical (unpaired) electrons. The molecule has 0 N–H and O–H groups in total. The van der Waals surface area contributed by atoms with Crippen LogP contribution in [0.5, 0.6) is 0 Å². The van der Waals surface area contributed by atoms with Crippen molar-refractivity contribution in [1.82, 2.24) is 0 Å². The zero-order valence-corrected chi connectivity index (χ0v) is 14.4. The second-order valence-electron chi connectivity index (χ2n) is 5.37. The summed E-state index contributed by atoms with van der Waals surface area (Å²) in [5.41, 5.74) is 0. The first-order valence-electron chi connectivity index (χ1n) is 7.26. The number of hydrogen-bond acceptors (Lipinski definition) is 0. The molecule has 0 unspecified atom stereocenters. The molecule has 0 nitrogen and oxygen atoms in total. The average molecular weight is 311 g/mol. The minimum atomic E-state index is -1.50. The first kappa shape index (κ1) is 16.9. The van der Waals surface area contributed by atoms with Crippen LogP contribution in [0.3, 0.4) is 0 Å². The van der Waals surface area contributed by atoms with Crippen LogP contribution in [0.2, 0.25) is 0 Å². The van der Waals surface area contributed by atoms with E-state index in [1.165, 1.54) is 63.2 Å². The molecule has 0 fully saturated rings. The monoisotopic (exact) mass is 310 g/mol. The Kier molecular flexibility index (Phi) is 8.55. The molecule has 0 bridgehead atoms. The summed E-state index contributed by atoms with van der Waals surface area (Å²) in [6.07, 6.45) is 14.2. The molecule has 0 heterocycles. The normalized spacial score (nSPS) is 14.7. The Morgan fingerprint density at radius 3 is 1.19 bits per heavy atom. The third kappa shape index (κ3) is 5.50. The van der Waals surface area contributed by atoms with Gasteiger partial charge in [0.15, 0.2) is 0 Å². The summed E-state index contributed by atoms with van der Waals surface area (Å²) < 4.78 is 0. The van der Waals surface area contributed by atoms with Gasteiger partial charge in [0, 0.05) is 0 Å². The molecule has 0 aromatic carbocycles. The third-order valence-corrected chi connectivity index (χ3v) is 14.6. The van der Waals surface area contributed by atoms with Crippen LogP contribution in [-0.2, 0) is 0 Å². The van der Waals surface area contributed by atoms with E-state index in [0.29, 0.717) is 0 Å². The van der Waals surface area contributed by atoms with Crippen molar-refractivity contribution >= 4 is 20.8 Å². The van der Waals surface area contributed by atoms with Gasteiger partial charge in [-0.3, -0.25) is 0 Å². The van der Waals surface area contributed by atoms with Gasteiger partial charge in [0.2, 0.25) is 0 Å². The molecule has 0 saturated heterocycles. The number of halogens is 1. The van der Waals surface area contributed by atoms with E-state index in [1.807, 2.05) is 0 Å². The SMILES string of the molecule is CCCCP(Br)(CC)(CCCC)CCCC. The third-order valence-electron chi connectivity index (χ3n) is 4.00. The first-order chi connectivity index (χ1) is 7.54. The molecule has 0 spiro atoms. The molecule has 0 aliphatic rings. The molecular formula is C14H32BrP. The second-order valence-corrected chi connectivity index (χ2v) is 17.0. The summed E-state index contributed by atoms with van der Waals surface area (Å²) in [6.45, 7) is 9.39. The summed E-state index contributed by atoms with van der Waals surface area (Å²) in [6, 6.07) is 0. The van der Waals surface area contributed by atoms with Crippen molar-refractivity contribution < 1.29 is 0 Å². The Morgan fingerprint density at radius 2 is 1.00 bits per heavy atom. The second kappa shape index (κ2) is 8.09. The number of hydrogen-bond donors (Lipinski definition) is 0. The minimum absolute atomic E-state index is 1.35. The summed E-state index contributed by atoms with van der Waals surface area (Å²) in [7, 11) is 0. The molecular weight excluding hydrogens is 279 g/mol. The van der Waals surface area contributed by atoms with E-state index >= 15 is 0 Å². The standard InChI is InChI=1S/C14H32BrP/c1-5-9-12-16(15,8-4,13-10-6-2)14-11-7-3/h5-14H2,1-4H3. The summed E-state index contributed by atoms with van der Waals surface area (Å²) in [5, 5.41) is -1.50. The van der Waals surface area contributed by atoms with E-state index < -0.39 is 5.31 Å². The van der Waals surface area contributed by atoms with E-state index in [9.17, 15) is 0 Å². The van der Waals surface area contributed by atoms with Crippen LogP contribution in [-0.4, -0.2) is 24.6 Å². The van der Waals surface area contributed by atoms with Crippen LogP contribution in [0.25, 0.3) is 0 Å². The summed E-state index contributed by atoms with van der Waals surface area (Å²) in [5.74, 6) is 0. The maximum atomic E-state index is 4.33. The van der Waals surface area contributed by atoms with E-state index in [4.69, 9.17) is 0 Å². The molecule has 0 rings (SSSR count). The number of unbranched alkanes of at least 4 members (excludes halogenated alkanes) is 3. The van der Waals surface area contributed by atoms with Gasteiger partial charge in [-0.2, -0.15) is 0 Å². The molecule has 0 atom stereocenters. The van der Waals surface area contributed by atoms with E-state index in [2.05, 4.69) is 43.2 Å². The van der Waals surface area contributed by atoms with Crippen molar-refractivity contribution in [3.05, 3.63) is 0 Å². The average Bonchev–Trinajstić information content (AvgIpc) is 2.32. The molecule has 0 aromatic heterocycles. The van der Waals surface area contributed by atoms with Crippen LogP contribution in [0.4, 0.5) is 0 Å². The van der Waals surface area contributed by atoms with E-state index in [0.717, 1.165) is 0 Å².